The first-order valence-corrected chi connectivity index (χ1v) is 8.33. The molecule has 1 amide bonds. The van der Waals surface area contributed by atoms with Crippen LogP contribution >= 0.6 is 11.6 Å². The van der Waals surface area contributed by atoms with Crippen molar-refractivity contribution < 1.29 is 13.6 Å². The Morgan fingerprint density at radius 1 is 1.27 bits per heavy atom. The van der Waals surface area contributed by atoms with Crippen LogP contribution in [0.25, 0.3) is 11.7 Å². The number of aromatic nitrogens is 5. The van der Waals surface area contributed by atoms with Crippen molar-refractivity contribution in [2.75, 3.05) is 6.54 Å². The molecule has 0 unspecified atom stereocenters. The Kier molecular flexibility index (Phi) is 3.95. The van der Waals surface area contributed by atoms with Gasteiger partial charge in [0, 0.05) is 25.6 Å². The van der Waals surface area contributed by atoms with E-state index >= 15 is 0 Å². The van der Waals surface area contributed by atoms with E-state index in [1.165, 1.54) is 18.2 Å². The number of aryl methyl sites for hydroxylation is 1. The van der Waals surface area contributed by atoms with E-state index in [9.17, 15) is 9.18 Å². The first kappa shape index (κ1) is 16.6. The fraction of sp³-hybridized carbons (Fsp3) is 0.312. The lowest BCUT2D eigenvalue weighted by molar-refractivity contribution is 0.0638. The second-order valence-electron chi connectivity index (χ2n) is 5.96. The molecule has 4 rings (SSSR count). The van der Waals surface area contributed by atoms with E-state index in [0.29, 0.717) is 42.1 Å². The van der Waals surface area contributed by atoms with Gasteiger partial charge >= 0.3 is 0 Å². The summed E-state index contributed by atoms with van der Waals surface area (Å²) in [6, 6.07) is 3.61. The molecule has 3 aromatic rings. The molecule has 0 saturated carbocycles. The third-order valence-corrected chi connectivity index (χ3v) is 4.62. The van der Waals surface area contributed by atoms with E-state index in [2.05, 4.69) is 20.4 Å². The molecule has 1 aliphatic rings. The molecule has 0 N–H and O–H groups in total. The van der Waals surface area contributed by atoms with Crippen molar-refractivity contribution in [3.8, 4) is 11.7 Å². The van der Waals surface area contributed by atoms with Crippen molar-refractivity contribution in [2.45, 2.75) is 26.4 Å². The average Bonchev–Trinajstić information content (AvgIpc) is 3.23. The number of hydrogen-bond donors (Lipinski definition) is 0. The third kappa shape index (κ3) is 2.64. The fourth-order valence-electron chi connectivity index (χ4n) is 3.00. The van der Waals surface area contributed by atoms with Crippen molar-refractivity contribution in [1.29, 1.82) is 0 Å². The van der Waals surface area contributed by atoms with Gasteiger partial charge in [-0.1, -0.05) is 11.6 Å². The van der Waals surface area contributed by atoms with Crippen molar-refractivity contribution in [1.82, 2.24) is 29.9 Å². The van der Waals surface area contributed by atoms with Gasteiger partial charge in [0.15, 0.2) is 5.82 Å². The second kappa shape index (κ2) is 6.17. The van der Waals surface area contributed by atoms with Gasteiger partial charge in [0.25, 0.3) is 11.8 Å². The molecule has 0 saturated heterocycles. The monoisotopic (exact) mass is 376 g/mol. The predicted molar refractivity (Wildman–Crippen MR) is 88.9 cm³/mol. The zero-order valence-electron chi connectivity index (χ0n) is 14.0. The molecular formula is C16H14ClFN6O2. The van der Waals surface area contributed by atoms with Gasteiger partial charge in [0.2, 0.25) is 11.7 Å². The van der Waals surface area contributed by atoms with Crippen LogP contribution in [0.4, 0.5) is 4.39 Å². The van der Waals surface area contributed by atoms with Gasteiger partial charge in [-0.3, -0.25) is 4.79 Å². The summed E-state index contributed by atoms with van der Waals surface area (Å²) in [5.41, 5.74) is 0.323. The summed E-state index contributed by atoms with van der Waals surface area (Å²) >= 11 is 5.79. The lowest BCUT2D eigenvalue weighted by atomic mass is 10.1. The highest BCUT2D eigenvalue weighted by molar-refractivity contribution is 6.31. The van der Waals surface area contributed by atoms with Crippen LogP contribution in [0.15, 0.2) is 22.6 Å². The van der Waals surface area contributed by atoms with Crippen molar-refractivity contribution in [2.24, 2.45) is 0 Å². The van der Waals surface area contributed by atoms with Crippen molar-refractivity contribution >= 4 is 17.5 Å². The number of carbonyl (C=O) groups excluding carboxylic acids is 1. The Bertz CT molecular complexity index is 1000. The van der Waals surface area contributed by atoms with Gasteiger partial charge in [-0.2, -0.15) is 0 Å². The minimum absolute atomic E-state index is 0.0854. The van der Waals surface area contributed by atoms with Crippen LogP contribution < -0.4 is 0 Å². The van der Waals surface area contributed by atoms with E-state index < -0.39 is 5.82 Å². The molecule has 2 aromatic heterocycles. The van der Waals surface area contributed by atoms with Gasteiger partial charge in [0.05, 0.1) is 11.1 Å². The normalized spacial score (nSPS) is 16.6. The fourth-order valence-corrected chi connectivity index (χ4v) is 3.18. The van der Waals surface area contributed by atoms with Crippen LogP contribution in [0.1, 0.15) is 35.0 Å². The Hall–Kier alpha value is -2.81. The van der Waals surface area contributed by atoms with Crippen LogP contribution in [0.2, 0.25) is 5.02 Å². The molecule has 10 heteroatoms. The molecule has 0 aliphatic carbocycles. The molecule has 1 atom stereocenters. The minimum atomic E-state index is -0.561. The average molecular weight is 377 g/mol. The van der Waals surface area contributed by atoms with Gasteiger partial charge in [-0.05, 0) is 25.1 Å². The summed E-state index contributed by atoms with van der Waals surface area (Å²) < 4.78 is 20.6. The maximum absolute atomic E-state index is 13.3. The summed E-state index contributed by atoms with van der Waals surface area (Å²) in [7, 11) is 0. The molecule has 134 valence electrons. The maximum atomic E-state index is 13.3. The Labute approximate surface area is 152 Å². The molecule has 0 spiro atoms. The summed E-state index contributed by atoms with van der Waals surface area (Å²) in [6.07, 6.45) is 0. The van der Waals surface area contributed by atoms with Crippen LogP contribution in [0.5, 0.6) is 0 Å². The van der Waals surface area contributed by atoms with Crippen LogP contribution in [-0.2, 0) is 6.54 Å². The van der Waals surface area contributed by atoms with Crippen molar-refractivity contribution in [3.05, 3.63) is 46.3 Å². The minimum Gasteiger partial charge on any atom is -0.418 e. The molecule has 0 fully saturated rings. The number of amides is 1. The number of nitrogens with zero attached hydrogens (tertiary/aromatic N) is 6. The first-order valence-electron chi connectivity index (χ1n) is 7.95. The topological polar surface area (TPSA) is 89.9 Å². The molecule has 26 heavy (non-hydrogen) atoms. The lowest BCUT2D eigenvalue weighted by Gasteiger charge is -2.33. The number of rotatable bonds is 2. The van der Waals surface area contributed by atoms with E-state index in [4.69, 9.17) is 16.0 Å². The van der Waals surface area contributed by atoms with Gasteiger partial charge in [-0.15, -0.1) is 20.4 Å². The van der Waals surface area contributed by atoms with E-state index in [1.807, 2.05) is 11.5 Å². The summed E-state index contributed by atoms with van der Waals surface area (Å²) in [6.45, 7) is 4.46. The predicted octanol–water partition coefficient (Wildman–Crippen LogP) is 2.65. The zero-order chi connectivity index (χ0) is 18.4. The van der Waals surface area contributed by atoms with E-state index in [1.54, 1.807) is 11.8 Å². The second-order valence-corrected chi connectivity index (χ2v) is 6.37. The van der Waals surface area contributed by atoms with Gasteiger partial charge < -0.3 is 13.9 Å². The molecule has 3 heterocycles. The Balaban J connectivity index is 1.64. The maximum Gasteiger partial charge on any atom is 0.285 e. The first-order chi connectivity index (χ1) is 12.5. The number of fused-ring (bicyclic) bond motifs is 1. The number of hydrogen-bond acceptors (Lipinski definition) is 6. The highest BCUT2D eigenvalue weighted by atomic mass is 35.5. The van der Waals surface area contributed by atoms with Crippen LogP contribution in [0, 0.1) is 12.7 Å². The van der Waals surface area contributed by atoms with Crippen LogP contribution in [0.3, 0.4) is 0 Å². The number of carbonyl (C=O) groups is 1. The smallest absolute Gasteiger partial charge is 0.285 e. The zero-order valence-corrected chi connectivity index (χ0v) is 14.7. The standard InChI is InChI=1S/C16H14ClFN6O2/c1-8-13-20-21-14(15-22-19-9(2)26-15)24(13)6-5-23(8)16(25)10-3-4-12(18)11(17)7-10/h3-4,7-8H,5-6H2,1-2H3/t8-/m1/s1. The van der Waals surface area contributed by atoms with Gasteiger partial charge in [-0.25, -0.2) is 4.39 Å². The Morgan fingerprint density at radius 3 is 2.77 bits per heavy atom. The molecular weight excluding hydrogens is 363 g/mol. The molecule has 0 bridgehead atoms. The largest absolute Gasteiger partial charge is 0.418 e. The molecule has 1 aliphatic heterocycles. The molecule has 8 nitrogen and oxygen atoms in total. The molecule has 0 radical (unpaired) electrons. The highest BCUT2D eigenvalue weighted by Crippen LogP contribution is 2.29. The number of halogens is 2. The van der Waals surface area contributed by atoms with Gasteiger partial charge in [0.1, 0.15) is 5.82 Å². The SMILES string of the molecule is Cc1nnc(-c2nnc3n2CCN(C(=O)c2ccc(F)c(Cl)c2)[C@@H]3C)o1. The van der Waals surface area contributed by atoms with Crippen molar-refractivity contribution in [3.63, 3.8) is 0 Å². The highest BCUT2D eigenvalue weighted by Gasteiger charge is 2.33. The Morgan fingerprint density at radius 2 is 2.08 bits per heavy atom. The summed E-state index contributed by atoms with van der Waals surface area (Å²) in [5.74, 6) is 1.01. The van der Waals surface area contributed by atoms with E-state index in [-0.39, 0.29) is 17.0 Å². The third-order valence-electron chi connectivity index (χ3n) is 4.33. The summed E-state index contributed by atoms with van der Waals surface area (Å²) in [4.78, 5) is 14.5. The van der Waals surface area contributed by atoms with Crippen LogP contribution in [-0.4, -0.2) is 42.3 Å². The van der Waals surface area contributed by atoms with E-state index in [0.717, 1.165) is 0 Å². The summed E-state index contributed by atoms with van der Waals surface area (Å²) in [5, 5.41) is 16.0. The number of benzene rings is 1. The molecule has 1 aromatic carbocycles. The quantitative estimate of drug-likeness (QED) is 0.683. The lowest BCUT2D eigenvalue weighted by Crippen LogP contribution is -2.41.